The summed E-state index contributed by atoms with van der Waals surface area (Å²) in [5.74, 6) is 2.48. The molecule has 136 valence electrons. The van der Waals surface area contributed by atoms with Gasteiger partial charge >= 0.3 is 0 Å². The van der Waals surface area contributed by atoms with E-state index in [2.05, 4.69) is 48.7 Å². The normalized spacial score (nSPS) is 10.7. The fourth-order valence-electron chi connectivity index (χ4n) is 2.38. The van der Waals surface area contributed by atoms with E-state index in [0.717, 1.165) is 49.8 Å². The smallest absolute Gasteiger partial charge is 0.121 e. The van der Waals surface area contributed by atoms with Crippen molar-refractivity contribution in [3.63, 3.8) is 0 Å². The summed E-state index contributed by atoms with van der Waals surface area (Å²) in [4.78, 5) is 0. The van der Waals surface area contributed by atoms with Crippen molar-refractivity contribution in [3.8, 4) is 11.5 Å². The highest BCUT2D eigenvalue weighted by Gasteiger charge is 1.99. The Bertz CT molecular complexity index is 612. The molecule has 0 aliphatic heterocycles. The largest absolute Gasteiger partial charge is 0.497 e. The average Bonchev–Trinajstić information content (AvgIpc) is 2.62. The molecule has 0 unspecified atom stereocenters. The van der Waals surface area contributed by atoms with Crippen LogP contribution in [0.5, 0.6) is 11.5 Å². The van der Waals surface area contributed by atoms with Gasteiger partial charge in [-0.25, -0.2) is 0 Å². The summed E-state index contributed by atoms with van der Waals surface area (Å²) < 4.78 is 11.0. The van der Waals surface area contributed by atoms with Gasteiger partial charge in [-0.05, 0) is 42.2 Å². The van der Waals surface area contributed by atoms with Crippen LogP contribution in [0.3, 0.4) is 0 Å². The van der Waals surface area contributed by atoms with Gasteiger partial charge in [0.25, 0.3) is 0 Å². The van der Waals surface area contributed by atoms with Gasteiger partial charge < -0.3 is 20.1 Å². The van der Waals surface area contributed by atoms with Crippen molar-refractivity contribution in [3.05, 3.63) is 54.1 Å². The number of ether oxygens (including phenoxy) is 2. The lowest BCUT2D eigenvalue weighted by Gasteiger charge is -2.11. The first-order valence-electron chi connectivity index (χ1n) is 8.98. The van der Waals surface area contributed by atoms with Crippen molar-refractivity contribution in [2.24, 2.45) is 5.92 Å². The fraction of sp³-hybridized carbons (Fsp3) is 0.429. The second-order valence-corrected chi connectivity index (χ2v) is 6.51. The Hall–Kier alpha value is -2.20. The van der Waals surface area contributed by atoms with Crippen molar-refractivity contribution in [1.82, 2.24) is 5.32 Å². The maximum absolute atomic E-state index is 5.80. The second-order valence-electron chi connectivity index (χ2n) is 6.51. The highest BCUT2D eigenvalue weighted by Crippen LogP contribution is 2.17. The SMILES string of the molecule is COc1ccc(CNCCNc2cccc(OCCC(C)C)c2)cc1. The molecule has 25 heavy (non-hydrogen) atoms. The Morgan fingerprint density at radius 2 is 1.76 bits per heavy atom. The van der Waals surface area contributed by atoms with Gasteiger partial charge in [0.15, 0.2) is 0 Å². The Balaban J connectivity index is 1.65. The minimum absolute atomic E-state index is 0.665. The molecular formula is C21H30N2O2. The lowest BCUT2D eigenvalue weighted by Crippen LogP contribution is -2.21. The summed E-state index contributed by atoms with van der Waals surface area (Å²) >= 11 is 0. The minimum Gasteiger partial charge on any atom is -0.497 e. The van der Waals surface area contributed by atoms with Gasteiger partial charge in [-0.2, -0.15) is 0 Å². The number of benzene rings is 2. The third-order valence-electron chi connectivity index (χ3n) is 3.92. The van der Waals surface area contributed by atoms with Gasteiger partial charge in [0.1, 0.15) is 11.5 Å². The Morgan fingerprint density at radius 1 is 0.960 bits per heavy atom. The minimum atomic E-state index is 0.665. The molecule has 0 aliphatic rings. The van der Waals surface area contributed by atoms with E-state index >= 15 is 0 Å². The molecule has 4 nitrogen and oxygen atoms in total. The van der Waals surface area contributed by atoms with Gasteiger partial charge in [0.05, 0.1) is 13.7 Å². The van der Waals surface area contributed by atoms with E-state index in [1.54, 1.807) is 7.11 Å². The van der Waals surface area contributed by atoms with E-state index in [1.165, 1.54) is 5.56 Å². The summed E-state index contributed by atoms with van der Waals surface area (Å²) in [5, 5.41) is 6.86. The molecule has 0 spiro atoms. The van der Waals surface area contributed by atoms with Gasteiger partial charge in [0.2, 0.25) is 0 Å². The van der Waals surface area contributed by atoms with Crippen LogP contribution in [0.2, 0.25) is 0 Å². The number of anilines is 1. The Morgan fingerprint density at radius 3 is 2.48 bits per heavy atom. The molecule has 0 fully saturated rings. The summed E-state index contributed by atoms with van der Waals surface area (Å²) in [6.07, 6.45) is 1.08. The van der Waals surface area contributed by atoms with Crippen molar-refractivity contribution in [1.29, 1.82) is 0 Å². The lowest BCUT2D eigenvalue weighted by atomic mass is 10.1. The molecule has 0 atom stereocenters. The molecule has 0 aromatic heterocycles. The molecule has 0 radical (unpaired) electrons. The van der Waals surface area contributed by atoms with E-state index < -0.39 is 0 Å². The standard InChI is InChI=1S/C21H30N2O2/c1-17(2)11-14-25-21-6-4-5-19(15-21)23-13-12-22-16-18-7-9-20(24-3)10-8-18/h4-10,15,17,22-23H,11-14,16H2,1-3H3. The second kappa shape index (κ2) is 10.6. The molecule has 2 aromatic rings. The number of rotatable bonds is 11. The molecule has 2 rings (SSSR count). The van der Waals surface area contributed by atoms with Gasteiger partial charge in [0, 0.05) is 31.4 Å². The molecule has 0 heterocycles. The first-order chi connectivity index (χ1) is 12.2. The molecule has 0 saturated heterocycles. The molecular weight excluding hydrogens is 312 g/mol. The number of hydrogen-bond donors (Lipinski definition) is 2. The predicted octanol–water partition coefficient (Wildman–Crippen LogP) is 4.32. The van der Waals surface area contributed by atoms with Gasteiger partial charge in [-0.3, -0.25) is 0 Å². The van der Waals surface area contributed by atoms with E-state index in [0.29, 0.717) is 5.92 Å². The van der Waals surface area contributed by atoms with Gasteiger partial charge in [-0.15, -0.1) is 0 Å². The van der Waals surface area contributed by atoms with Crippen molar-refractivity contribution >= 4 is 5.69 Å². The van der Waals surface area contributed by atoms with Crippen molar-refractivity contribution < 1.29 is 9.47 Å². The van der Waals surface area contributed by atoms with Crippen LogP contribution in [0.1, 0.15) is 25.8 Å². The number of nitrogens with one attached hydrogen (secondary N) is 2. The van der Waals surface area contributed by atoms with Crippen LogP contribution >= 0.6 is 0 Å². The van der Waals surface area contributed by atoms with Crippen LogP contribution in [0, 0.1) is 5.92 Å². The quantitative estimate of drug-likeness (QED) is 0.597. The van der Waals surface area contributed by atoms with Crippen molar-refractivity contribution in [2.45, 2.75) is 26.8 Å². The predicted molar refractivity (Wildman–Crippen MR) is 105 cm³/mol. The first kappa shape index (κ1) is 19.1. The first-order valence-corrected chi connectivity index (χ1v) is 8.98. The topological polar surface area (TPSA) is 42.5 Å². The Kier molecular flexibility index (Phi) is 8.13. The molecule has 4 heteroatoms. The fourth-order valence-corrected chi connectivity index (χ4v) is 2.38. The molecule has 0 amide bonds. The third kappa shape index (κ3) is 7.48. The summed E-state index contributed by atoms with van der Waals surface area (Å²) in [5.41, 5.74) is 2.34. The molecule has 2 N–H and O–H groups in total. The maximum atomic E-state index is 5.80. The molecule has 0 aliphatic carbocycles. The average molecular weight is 342 g/mol. The van der Waals surface area contributed by atoms with E-state index in [-0.39, 0.29) is 0 Å². The van der Waals surface area contributed by atoms with Crippen LogP contribution in [-0.2, 0) is 6.54 Å². The lowest BCUT2D eigenvalue weighted by molar-refractivity contribution is 0.289. The van der Waals surface area contributed by atoms with Crippen LogP contribution < -0.4 is 20.1 Å². The highest BCUT2D eigenvalue weighted by atomic mass is 16.5. The maximum Gasteiger partial charge on any atom is 0.121 e. The van der Waals surface area contributed by atoms with E-state index in [4.69, 9.17) is 9.47 Å². The molecule has 2 aromatic carbocycles. The zero-order chi connectivity index (χ0) is 17.9. The molecule has 0 saturated carbocycles. The van der Waals surface area contributed by atoms with E-state index in [9.17, 15) is 0 Å². The zero-order valence-corrected chi connectivity index (χ0v) is 15.5. The highest BCUT2D eigenvalue weighted by molar-refractivity contribution is 5.48. The molecule has 0 bridgehead atoms. The summed E-state index contributed by atoms with van der Waals surface area (Å²) in [7, 11) is 1.68. The van der Waals surface area contributed by atoms with Crippen molar-refractivity contribution in [2.75, 3.05) is 32.1 Å². The van der Waals surface area contributed by atoms with Crippen LogP contribution in [0.4, 0.5) is 5.69 Å². The monoisotopic (exact) mass is 342 g/mol. The summed E-state index contributed by atoms with van der Waals surface area (Å²) in [6, 6.07) is 16.3. The van der Waals surface area contributed by atoms with Gasteiger partial charge in [-0.1, -0.05) is 32.0 Å². The summed E-state index contributed by atoms with van der Waals surface area (Å²) in [6.45, 7) is 7.80. The van der Waals surface area contributed by atoms with Crippen LogP contribution in [-0.4, -0.2) is 26.8 Å². The Labute approximate surface area is 151 Å². The third-order valence-corrected chi connectivity index (χ3v) is 3.92. The van der Waals surface area contributed by atoms with Crippen LogP contribution in [0.15, 0.2) is 48.5 Å². The van der Waals surface area contributed by atoms with E-state index in [1.807, 2.05) is 24.3 Å². The number of hydrogen-bond acceptors (Lipinski definition) is 4. The number of methoxy groups -OCH3 is 1. The zero-order valence-electron chi connectivity index (χ0n) is 15.5. The van der Waals surface area contributed by atoms with Crippen LogP contribution in [0.25, 0.3) is 0 Å².